The monoisotopic (exact) mass is 484 g/mol. The molecule has 0 saturated carbocycles. The average molecular weight is 485 g/mol. The van der Waals surface area contributed by atoms with Gasteiger partial charge in [0.1, 0.15) is 5.01 Å². The number of carbonyl (C=O) groups is 2. The third-order valence-electron chi connectivity index (χ3n) is 6.12. The van der Waals surface area contributed by atoms with Crippen molar-refractivity contribution >= 4 is 46.0 Å². The van der Waals surface area contributed by atoms with Crippen LogP contribution < -0.4 is 4.90 Å². The summed E-state index contributed by atoms with van der Waals surface area (Å²) in [6.07, 6.45) is 3.37. The van der Waals surface area contributed by atoms with E-state index >= 15 is 0 Å². The lowest BCUT2D eigenvalue weighted by Gasteiger charge is -2.25. The molecule has 4 aromatic carbocycles. The van der Waals surface area contributed by atoms with E-state index in [4.69, 9.17) is 0 Å². The molecule has 6 rings (SSSR count). The van der Waals surface area contributed by atoms with Crippen molar-refractivity contribution < 1.29 is 9.59 Å². The van der Waals surface area contributed by atoms with Gasteiger partial charge in [-0.3, -0.25) is 9.59 Å². The number of para-hydroxylation sites is 2. The Labute approximate surface area is 212 Å². The fraction of sp³-hybridized carbons (Fsp3) is 0. The number of hydrogen-bond acceptors (Lipinski definition) is 5. The highest BCUT2D eigenvalue weighted by Crippen LogP contribution is 2.36. The first-order valence-electron chi connectivity index (χ1n) is 11.6. The van der Waals surface area contributed by atoms with Gasteiger partial charge in [0.25, 0.3) is 0 Å². The fourth-order valence-corrected chi connectivity index (χ4v) is 5.25. The number of aromatic nitrogens is 1. The third kappa shape index (κ3) is 3.96. The zero-order valence-electron chi connectivity index (χ0n) is 19.2. The van der Waals surface area contributed by atoms with Crippen LogP contribution in [-0.4, -0.2) is 16.6 Å². The van der Waals surface area contributed by atoms with Crippen molar-refractivity contribution in [3.63, 3.8) is 0 Å². The van der Waals surface area contributed by atoms with E-state index < -0.39 is 0 Å². The number of hydrogen-bond donors (Lipinski definition) is 0. The molecule has 0 N–H and O–H groups in total. The van der Waals surface area contributed by atoms with Gasteiger partial charge in [-0.05, 0) is 54.6 Å². The standard InChI is InChI=1S/C31H20N2O2S/c34-29-26-13-7-8-14-27(26)30(35)28(29)19-25-20-32-31(36-25)21-15-17-24(18-16-21)33(22-9-3-1-4-10-22)23-11-5-2-6-12-23/h1-20H. The Kier molecular flexibility index (Phi) is 5.60. The molecule has 36 heavy (non-hydrogen) atoms. The third-order valence-corrected chi connectivity index (χ3v) is 7.11. The lowest BCUT2D eigenvalue weighted by molar-refractivity contribution is 0.0990. The van der Waals surface area contributed by atoms with Crippen molar-refractivity contribution in [2.45, 2.75) is 0 Å². The molecule has 1 aliphatic rings. The smallest absolute Gasteiger partial charge is 0.197 e. The minimum absolute atomic E-state index is 0.197. The maximum atomic E-state index is 12.7. The molecule has 5 aromatic rings. The van der Waals surface area contributed by atoms with Gasteiger partial charge >= 0.3 is 0 Å². The number of thiazole rings is 1. The maximum absolute atomic E-state index is 12.7. The number of benzene rings is 4. The number of Topliss-reactive ketones (excluding diaryl/α,β-unsaturated/α-hetero) is 2. The van der Waals surface area contributed by atoms with Gasteiger partial charge in [-0.2, -0.15) is 0 Å². The van der Waals surface area contributed by atoms with Crippen molar-refractivity contribution in [2.75, 3.05) is 4.90 Å². The Morgan fingerprint density at radius 3 is 1.67 bits per heavy atom. The van der Waals surface area contributed by atoms with Gasteiger partial charge in [0.2, 0.25) is 0 Å². The first kappa shape index (κ1) is 21.9. The normalized spacial score (nSPS) is 12.5. The van der Waals surface area contributed by atoms with Gasteiger partial charge in [0, 0.05) is 44.8 Å². The van der Waals surface area contributed by atoms with Gasteiger partial charge in [-0.15, -0.1) is 11.3 Å². The second-order valence-corrected chi connectivity index (χ2v) is 9.45. The molecule has 172 valence electrons. The predicted octanol–water partition coefficient (Wildman–Crippen LogP) is 7.74. The molecule has 0 bridgehead atoms. The zero-order chi connectivity index (χ0) is 24.5. The maximum Gasteiger partial charge on any atom is 0.197 e. The van der Waals surface area contributed by atoms with Crippen molar-refractivity contribution in [1.82, 2.24) is 4.98 Å². The Bertz CT molecular complexity index is 1530. The quantitative estimate of drug-likeness (QED) is 0.189. The van der Waals surface area contributed by atoms with E-state index in [0.29, 0.717) is 11.1 Å². The fourth-order valence-electron chi connectivity index (χ4n) is 4.39. The molecule has 0 fully saturated rings. The number of nitrogens with zero attached hydrogens (tertiary/aromatic N) is 2. The van der Waals surface area contributed by atoms with Crippen LogP contribution in [0.25, 0.3) is 16.6 Å². The largest absolute Gasteiger partial charge is 0.311 e. The van der Waals surface area contributed by atoms with Crippen LogP contribution in [0.1, 0.15) is 25.6 Å². The highest BCUT2D eigenvalue weighted by atomic mass is 32.1. The summed E-state index contributed by atoms with van der Waals surface area (Å²) in [6, 6.07) is 35.7. The summed E-state index contributed by atoms with van der Waals surface area (Å²) < 4.78 is 0. The summed E-state index contributed by atoms with van der Waals surface area (Å²) in [4.78, 5) is 33.0. The number of carbonyl (C=O) groups excluding carboxylic acids is 2. The van der Waals surface area contributed by atoms with E-state index in [1.165, 1.54) is 11.3 Å². The molecule has 0 radical (unpaired) electrons. The number of fused-ring (bicyclic) bond motifs is 1. The number of anilines is 3. The van der Waals surface area contributed by atoms with Crippen LogP contribution >= 0.6 is 11.3 Å². The van der Waals surface area contributed by atoms with E-state index in [2.05, 4.69) is 46.3 Å². The highest BCUT2D eigenvalue weighted by Gasteiger charge is 2.32. The summed E-state index contributed by atoms with van der Waals surface area (Å²) in [5, 5.41) is 0.829. The van der Waals surface area contributed by atoms with Crippen LogP contribution in [0.15, 0.2) is 121 Å². The second kappa shape index (κ2) is 9.21. The SMILES string of the molecule is O=C1C(=Cc2cnc(-c3ccc(N(c4ccccc4)c4ccccc4)cc3)s2)C(=O)c2ccccc21. The molecule has 1 aromatic heterocycles. The van der Waals surface area contributed by atoms with Crippen LogP contribution in [0.4, 0.5) is 17.1 Å². The van der Waals surface area contributed by atoms with Crippen LogP contribution in [0.2, 0.25) is 0 Å². The Morgan fingerprint density at radius 1 is 0.611 bits per heavy atom. The lowest BCUT2D eigenvalue weighted by Crippen LogP contribution is -2.09. The molecule has 0 unspecified atom stereocenters. The molecule has 0 amide bonds. The average Bonchev–Trinajstić information content (AvgIpc) is 3.50. The molecule has 1 heterocycles. The predicted molar refractivity (Wildman–Crippen MR) is 145 cm³/mol. The molecule has 0 atom stereocenters. The number of rotatable bonds is 5. The van der Waals surface area contributed by atoms with E-state index in [1.54, 1.807) is 36.5 Å². The van der Waals surface area contributed by atoms with E-state index in [-0.39, 0.29) is 17.1 Å². The van der Waals surface area contributed by atoms with E-state index in [1.807, 2.05) is 48.5 Å². The molecule has 4 nitrogen and oxygen atoms in total. The summed E-state index contributed by atoms with van der Waals surface area (Å²) in [6.45, 7) is 0. The van der Waals surface area contributed by atoms with Crippen molar-refractivity contribution in [3.8, 4) is 10.6 Å². The lowest BCUT2D eigenvalue weighted by atomic mass is 10.1. The Morgan fingerprint density at radius 2 is 1.11 bits per heavy atom. The molecule has 5 heteroatoms. The molecule has 0 saturated heterocycles. The topological polar surface area (TPSA) is 50.3 Å². The van der Waals surface area contributed by atoms with Gasteiger partial charge in [0.15, 0.2) is 11.6 Å². The molecular weight excluding hydrogens is 464 g/mol. The zero-order valence-corrected chi connectivity index (χ0v) is 20.0. The number of ketones is 2. The van der Waals surface area contributed by atoms with Gasteiger partial charge in [-0.25, -0.2) is 4.98 Å². The first-order valence-corrected chi connectivity index (χ1v) is 12.4. The molecule has 0 spiro atoms. The summed E-state index contributed by atoms with van der Waals surface area (Å²) in [5.74, 6) is -0.450. The summed E-state index contributed by atoms with van der Waals surface area (Å²) >= 11 is 1.46. The van der Waals surface area contributed by atoms with Crippen LogP contribution in [-0.2, 0) is 0 Å². The van der Waals surface area contributed by atoms with E-state index in [0.717, 1.165) is 32.5 Å². The Balaban J connectivity index is 1.29. The van der Waals surface area contributed by atoms with Crippen molar-refractivity contribution in [1.29, 1.82) is 0 Å². The van der Waals surface area contributed by atoms with Crippen molar-refractivity contribution in [2.24, 2.45) is 0 Å². The minimum atomic E-state index is -0.225. The van der Waals surface area contributed by atoms with Gasteiger partial charge in [0.05, 0.1) is 5.57 Å². The van der Waals surface area contributed by atoms with Crippen molar-refractivity contribution in [3.05, 3.63) is 137 Å². The molecule has 0 aliphatic heterocycles. The highest BCUT2D eigenvalue weighted by molar-refractivity contribution is 7.15. The minimum Gasteiger partial charge on any atom is -0.311 e. The first-order chi connectivity index (χ1) is 17.7. The Hall–Kier alpha value is -4.61. The van der Waals surface area contributed by atoms with Crippen LogP contribution in [0.5, 0.6) is 0 Å². The summed E-state index contributed by atoms with van der Waals surface area (Å²) in [7, 11) is 0. The van der Waals surface area contributed by atoms with Gasteiger partial charge < -0.3 is 4.90 Å². The summed E-state index contributed by atoms with van der Waals surface area (Å²) in [5.41, 5.74) is 5.30. The van der Waals surface area contributed by atoms with Crippen LogP contribution in [0.3, 0.4) is 0 Å². The molecule has 1 aliphatic carbocycles. The second-order valence-electron chi connectivity index (χ2n) is 8.38. The molecular formula is C31H20N2O2S. The van der Waals surface area contributed by atoms with Crippen LogP contribution in [0, 0.1) is 0 Å². The van der Waals surface area contributed by atoms with Gasteiger partial charge in [-0.1, -0.05) is 60.7 Å². The van der Waals surface area contributed by atoms with E-state index in [9.17, 15) is 9.59 Å². The number of allylic oxidation sites excluding steroid dienone is 1.